The molecule has 98 valence electrons. The molecule has 1 saturated heterocycles. The first-order valence-electron chi connectivity index (χ1n) is 5.93. The fourth-order valence-corrected chi connectivity index (χ4v) is 2.80. The highest BCUT2D eigenvalue weighted by atomic mass is 35.5. The molecule has 1 aromatic carbocycles. The number of fused-ring (bicyclic) bond motifs is 1. The smallest absolute Gasteiger partial charge is 0.203 e. The normalized spacial score (nSPS) is 21.8. The average Bonchev–Trinajstić information content (AvgIpc) is 2.38. The second-order valence-electron chi connectivity index (χ2n) is 4.30. The zero-order valence-corrected chi connectivity index (χ0v) is 11.3. The van der Waals surface area contributed by atoms with Gasteiger partial charge >= 0.3 is 0 Å². The van der Waals surface area contributed by atoms with Crippen LogP contribution in [0.15, 0.2) is 18.2 Å². The molecule has 0 aliphatic carbocycles. The van der Waals surface area contributed by atoms with Crippen molar-refractivity contribution in [1.29, 1.82) is 0 Å². The summed E-state index contributed by atoms with van der Waals surface area (Å²) in [4.78, 5) is 1.94. The third-order valence-corrected chi connectivity index (χ3v) is 3.76. The quantitative estimate of drug-likeness (QED) is 0.633. The van der Waals surface area contributed by atoms with Crippen LogP contribution in [-0.4, -0.2) is 37.3 Å². The Morgan fingerprint density at radius 2 is 2.06 bits per heavy atom. The summed E-state index contributed by atoms with van der Waals surface area (Å²) in [6.45, 7) is 3.21. The maximum absolute atomic E-state index is 6.35. The van der Waals surface area contributed by atoms with E-state index in [4.69, 9.17) is 32.7 Å². The Morgan fingerprint density at radius 1 is 1.22 bits per heavy atom. The second kappa shape index (κ2) is 4.68. The number of nitrogens with zero attached hydrogens (tertiary/aromatic N) is 1. The van der Waals surface area contributed by atoms with Crippen molar-refractivity contribution in [3.63, 3.8) is 0 Å². The van der Waals surface area contributed by atoms with Gasteiger partial charge in [-0.25, -0.2) is 0 Å². The number of benzene rings is 1. The van der Waals surface area contributed by atoms with Crippen LogP contribution in [0.1, 0.15) is 0 Å². The number of hydrogen-bond donors (Lipinski definition) is 1. The molecular weight excluding hydrogens is 275 g/mol. The van der Waals surface area contributed by atoms with E-state index in [2.05, 4.69) is 5.32 Å². The number of alkyl halides is 2. The molecule has 2 aliphatic heterocycles. The number of halogens is 2. The SMILES string of the molecule is ClC1(Cl)CNCCN1c1cccc2c1OCCO2. The molecule has 0 unspecified atom stereocenters. The molecule has 2 heterocycles. The highest BCUT2D eigenvalue weighted by Crippen LogP contribution is 2.43. The van der Waals surface area contributed by atoms with Crippen LogP contribution in [0.4, 0.5) is 5.69 Å². The van der Waals surface area contributed by atoms with Gasteiger partial charge in [-0.1, -0.05) is 29.3 Å². The fraction of sp³-hybridized carbons (Fsp3) is 0.500. The number of rotatable bonds is 1. The van der Waals surface area contributed by atoms with Crippen molar-refractivity contribution in [1.82, 2.24) is 5.32 Å². The standard InChI is InChI=1S/C12H14Cl2N2O2/c13-12(14)8-15-4-5-16(12)9-2-1-3-10-11(9)18-7-6-17-10/h1-3,15H,4-8H2. The molecule has 0 aromatic heterocycles. The van der Waals surface area contributed by atoms with Crippen LogP contribution in [-0.2, 0) is 0 Å². The van der Waals surface area contributed by atoms with Crippen LogP contribution in [0.2, 0.25) is 0 Å². The van der Waals surface area contributed by atoms with Crippen LogP contribution in [0.25, 0.3) is 0 Å². The van der Waals surface area contributed by atoms with E-state index >= 15 is 0 Å². The Morgan fingerprint density at radius 3 is 2.89 bits per heavy atom. The first-order valence-corrected chi connectivity index (χ1v) is 6.69. The van der Waals surface area contributed by atoms with Crippen molar-refractivity contribution in [2.45, 2.75) is 4.46 Å². The van der Waals surface area contributed by atoms with Crippen LogP contribution in [0, 0.1) is 0 Å². The monoisotopic (exact) mass is 288 g/mol. The van der Waals surface area contributed by atoms with Gasteiger partial charge in [0.25, 0.3) is 0 Å². The molecule has 0 amide bonds. The molecule has 6 heteroatoms. The number of piperazine rings is 1. The van der Waals surface area contributed by atoms with Gasteiger partial charge in [0, 0.05) is 19.6 Å². The summed E-state index contributed by atoms with van der Waals surface area (Å²) >= 11 is 12.7. The summed E-state index contributed by atoms with van der Waals surface area (Å²) in [6, 6.07) is 5.78. The number of ether oxygens (including phenoxy) is 2. The van der Waals surface area contributed by atoms with Crippen LogP contribution in [0.3, 0.4) is 0 Å². The maximum Gasteiger partial charge on any atom is 0.203 e. The minimum absolute atomic E-state index is 0.515. The maximum atomic E-state index is 6.35. The molecule has 0 saturated carbocycles. The molecule has 3 rings (SSSR count). The Bertz CT molecular complexity index is 454. The molecule has 1 fully saturated rings. The Labute approximate surface area is 116 Å². The predicted molar refractivity (Wildman–Crippen MR) is 72.1 cm³/mol. The van der Waals surface area contributed by atoms with E-state index in [1.54, 1.807) is 0 Å². The van der Waals surface area contributed by atoms with E-state index in [0.29, 0.717) is 19.8 Å². The molecule has 0 spiro atoms. The molecule has 0 radical (unpaired) electrons. The zero-order valence-electron chi connectivity index (χ0n) is 9.79. The molecule has 1 N–H and O–H groups in total. The van der Waals surface area contributed by atoms with Gasteiger partial charge < -0.3 is 19.7 Å². The van der Waals surface area contributed by atoms with Gasteiger partial charge in [-0.05, 0) is 12.1 Å². The van der Waals surface area contributed by atoms with Gasteiger partial charge in [0.2, 0.25) is 4.46 Å². The topological polar surface area (TPSA) is 33.7 Å². The molecular formula is C12H14Cl2N2O2. The first kappa shape index (κ1) is 12.2. The largest absolute Gasteiger partial charge is 0.486 e. The van der Waals surface area contributed by atoms with Crippen molar-refractivity contribution in [3.05, 3.63) is 18.2 Å². The van der Waals surface area contributed by atoms with E-state index in [9.17, 15) is 0 Å². The molecule has 18 heavy (non-hydrogen) atoms. The summed E-state index contributed by atoms with van der Waals surface area (Å²) in [5, 5.41) is 3.18. The van der Waals surface area contributed by atoms with Crippen molar-refractivity contribution in [2.24, 2.45) is 0 Å². The molecule has 0 bridgehead atoms. The van der Waals surface area contributed by atoms with Gasteiger partial charge in [-0.15, -0.1) is 0 Å². The molecule has 2 aliphatic rings. The van der Waals surface area contributed by atoms with Gasteiger partial charge in [0.1, 0.15) is 13.2 Å². The highest BCUT2D eigenvalue weighted by molar-refractivity contribution is 6.50. The minimum Gasteiger partial charge on any atom is -0.486 e. The molecule has 0 atom stereocenters. The van der Waals surface area contributed by atoms with E-state index < -0.39 is 4.46 Å². The lowest BCUT2D eigenvalue weighted by molar-refractivity contribution is 0.172. The summed E-state index contributed by atoms with van der Waals surface area (Å²) in [6.07, 6.45) is 0. The summed E-state index contributed by atoms with van der Waals surface area (Å²) in [5.41, 5.74) is 0.888. The lowest BCUT2D eigenvalue weighted by Crippen LogP contribution is -2.55. The highest BCUT2D eigenvalue weighted by Gasteiger charge is 2.37. The fourth-order valence-electron chi connectivity index (χ4n) is 2.26. The van der Waals surface area contributed by atoms with Gasteiger partial charge in [0.05, 0.1) is 5.69 Å². The third-order valence-electron chi connectivity index (χ3n) is 3.08. The number of para-hydroxylation sites is 1. The van der Waals surface area contributed by atoms with E-state index in [-0.39, 0.29) is 0 Å². The minimum atomic E-state index is -0.964. The van der Waals surface area contributed by atoms with Crippen molar-refractivity contribution < 1.29 is 9.47 Å². The van der Waals surface area contributed by atoms with Gasteiger partial charge in [0.15, 0.2) is 11.5 Å². The van der Waals surface area contributed by atoms with Crippen molar-refractivity contribution in [2.75, 3.05) is 37.7 Å². The van der Waals surface area contributed by atoms with E-state index in [0.717, 1.165) is 30.3 Å². The summed E-state index contributed by atoms with van der Waals surface area (Å²) in [7, 11) is 0. The summed E-state index contributed by atoms with van der Waals surface area (Å²) in [5.74, 6) is 1.48. The Hall–Kier alpha value is -0.840. The molecule has 1 aromatic rings. The second-order valence-corrected chi connectivity index (χ2v) is 5.74. The van der Waals surface area contributed by atoms with Crippen LogP contribution in [0.5, 0.6) is 11.5 Å². The number of anilines is 1. The molecule has 4 nitrogen and oxygen atoms in total. The Kier molecular flexibility index (Phi) is 3.18. The lowest BCUT2D eigenvalue weighted by Gasteiger charge is -2.41. The Balaban J connectivity index is 2.00. The van der Waals surface area contributed by atoms with Crippen LogP contribution < -0.4 is 19.7 Å². The third kappa shape index (κ3) is 2.09. The lowest BCUT2D eigenvalue weighted by atomic mass is 10.2. The zero-order chi connectivity index (χ0) is 12.6. The van der Waals surface area contributed by atoms with Crippen molar-refractivity contribution >= 4 is 28.9 Å². The first-order chi connectivity index (χ1) is 8.68. The van der Waals surface area contributed by atoms with E-state index in [1.165, 1.54) is 0 Å². The van der Waals surface area contributed by atoms with Gasteiger partial charge in [-0.3, -0.25) is 0 Å². The predicted octanol–water partition coefficient (Wildman–Crippen LogP) is 2.00. The summed E-state index contributed by atoms with van der Waals surface area (Å²) < 4.78 is 10.3. The van der Waals surface area contributed by atoms with Gasteiger partial charge in [-0.2, -0.15) is 0 Å². The van der Waals surface area contributed by atoms with E-state index in [1.807, 2.05) is 23.1 Å². The number of hydrogen-bond acceptors (Lipinski definition) is 4. The van der Waals surface area contributed by atoms with Crippen LogP contribution >= 0.6 is 23.2 Å². The van der Waals surface area contributed by atoms with Crippen molar-refractivity contribution in [3.8, 4) is 11.5 Å². The average molecular weight is 289 g/mol. The number of nitrogens with one attached hydrogen (secondary N) is 1.